The molecular weight excluding hydrogens is 192 g/mol. The molecule has 2 N–H and O–H groups in total. The monoisotopic (exact) mass is 208 g/mol. The van der Waals surface area contributed by atoms with Crippen LogP contribution in [0.15, 0.2) is 18.3 Å². The fraction of sp³-hybridized carbons (Fsp3) is 0.545. The number of Topliss-reactive ketones (excluding diaryl/α,β-unsaturated/α-hetero) is 1. The quantitative estimate of drug-likeness (QED) is 0.709. The van der Waals surface area contributed by atoms with E-state index in [4.69, 9.17) is 5.11 Å². The SMILES string of the molecule is O=C(CN1CCC(CO)C1)c1ccc[nH]1. The van der Waals surface area contributed by atoms with E-state index in [0.717, 1.165) is 19.5 Å². The van der Waals surface area contributed by atoms with Crippen molar-refractivity contribution in [3.05, 3.63) is 24.0 Å². The molecule has 1 atom stereocenters. The fourth-order valence-corrected chi connectivity index (χ4v) is 2.00. The number of aliphatic hydroxyl groups excluding tert-OH is 1. The molecule has 0 radical (unpaired) electrons. The van der Waals surface area contributed by atoms with E-state index in [9.17, 15) is 4.79 Å². The highest BCUT2D eigenvalue weighted by Crippen LogP contribution is 2.15. The number of carbonyl (C=O) groups is 1. The number of ketones is 1. The van der Waals surface area contributed by atoms with E-state index < -0.39 is 0 Å². The van der Waals surface area contributed by atoms with Gasteiger partial charge < -0.3 is 10.1 Å². The van der Waals surface area contributed by atoms with Crippen molar-refractivity contribution in [1.82, 2.24) is 9.88 Å². The highest BCUT2D eigenvalue weighted by molar-refractivity contribution is 5.95. The van der Waals surface area contributed by atoms with Crippen LogP contribution in [0.4, 0.5) is 0 Å². The molecule has 1 aliphatic rings. The normalized spacial score (nSPS) is 22.1. The predicted octanol–water partition coefficient (Wildman–Crippen LogP) is 0.512. The van der Waals surface area contributed by atoms with Gasteiger partial charge in [0.1, 0.15) is 0 Å². The largest absolute Gasteiger partial charge is 0.396 e. The van der Waals surface area contributed by atoms with Crippen LogP contribution in [0.1, 0.15) is 16.9 Å². The summed E-state index contributed by atoms with van der Waals surface area (Å²) in [6.07, 6.45) is 2.75. The van der Waals surface area contributed by atoms with Gasteiger partial charge in [0.05, 0.1) is 12.2 Å². The maximum absolute atomic E-state index is 11.7. The zero-order chi connectivity index (χ0) is 10.7. The number of H-pyrrole nitrogens is 1. The van der Waals surface area contributed by atoms with Crippen molar-refractivity contribution >= 4 is 5.78 Å². The van der Waals surface area contributed by atoms with Crippen LogP contribution >= 0.6 is 0 Å². The van der Waals surface area contributed by atoms with Crippen LogP contribution in [0.2, 0.25) is 0 Å². The molecule has 1 saturated heterocycles. The minimum Gasteiger partial charge on any atom is -0.396 e. The van der Waals surface area contributed by atoms with E-state index in [1.165, 1.54) is 0 Å². The van der Waals surface area contributed by atoms with Crippen LogP contribution < -0.4 is 0 Å². The van der Waals surface area contributed by atoms with Crippen LogP contribution in [0.5, 0.6) is 0 Å². The molecule has 2 rings (SSSR count). The Balaban J connectivity index is 1.86. The molecule has 0 bridgehead atoms. The first kappa shape index (κ1) is 10.4. The van der Waals surface area contributed by atoms with Gasteiger partial charge in [-0.1, -0.05) is 0 Å². The topological polar surface area (TPSA) is 56.3 Å². The lowest BCUT2D eigenvalue weighted by Crippen LogP contribution is -2.28. The molecule has 2 heterocycles. The lowest BCUT2D eigenvalue weighted by molar-refractivity contribution is 0.0936. The van der Waals surface area contributed by atoms with Gasteiger partial charge in [0, 0.05) is 19.3 Å². The van der Waals surface area contributed by atoms with E-state index >= 15 is 0 Å². The van der Waals surface area contributed by atoms with Crippen LogP contribution in [-0.2, 0) is 0 Å². The molecule has 0 saturated carbocycles. The van der Waals surface area contributed by atoms with Crippen molar-refractivity contribution in [3.8, 4) is 0 Å². The molecule has 82 valence electrons. The van der Waals surface area contributed by atoms with Gasteiger partial charge in [-0.15, -0.1) is 0 Å². The lowest BCUT2D eigenvalue weighted by atomic mass is 10.1. The second kappa shape index (κ2) is 4.59. The van der Waals surface area contributed by atoms with E-state index in [-0.39, 0.29) is 12.4 Å². The average molecular weight is 208 g/mol. The highest BCUT2D eigenvalue weighted by Gasteiger charge is 2.23. The van der Waals surface area contributed by atoms with Crippen molar-refractivity contribution < 1.29 is 9.90 Å². The molecule has 1 unspecified atom stereocenters. The summed E-state index contributed by atoms with van der Waals surface area (Å²) >= 11 is 0. The number of rotatable bonds is 4. The molecular formula is C11H16N2O2. The van der Waals surface area contributed by atoms with E-state index in [0.29, 0.717) is 18.2 Å². The van der Waals surface area contributed by atoms with Crippen LogP contribution in [0.25, 0.3) is 0 Å². The molecule has 0 aromatic carbocycles. The number of hydrogen-bond donors (Lipinski definition) is 2. The van der Waals surface area contributed by atoms with Crippen molar-refractivity contribution in [3.63, 3.8) is 0 Å². The molecule has 0 amide bonds. The Morgan fingerprint density at radius 1 is 1.67 bits per heavy atom. The summed E-state index contributed by atoms with van der Waals surface area (Å²) in [6, 6.07) is 3.62. The Hall–Kier alpha value is -1.13. The van der Waals surface area contributed by atoms with Gasteiger partial charge in [-0.3, -0.25) is 9.69 Å². The number of aromatic amines is 1. The number of nitrogens with zero attached hydrogens (tertiary/aromatic N) is 1. The number of nitrogens with one attached hydrogen (secondary N) is 1. The predicted molar refractivity (Wildman–Crippen MR) is 56.8 cm³/mol. The third-order valence-electron chi connectivity index (χ3n) is 2.89. The lowest BCUT2D eigenvalue weighted by Gasteiger charge is -2.13. The maximum Gasteiger partial charge on any atom is 0.192 e. The van der Waals surface area contributed by atoms with Gasteiger partial charge in [-0.05, 0) is 31.0 Å². The smallest absolute Gasteiger partial charge is 0.192 e. The molecule has 15 heavy (non-hydrogen) atoms. The summed E-state index contributed by atoms with van der Waals surface area (Å²) in [6.45, 7) is 2.44. The van der Waals surface area contributed by atoms with Crippen molar-refractivity contribution in [2.45, 2.75) is 6.42 Å². The third-order valence-corrected chi connectivity index (χ3v) is 2.89. The molecule has 1 fully saturated rings. The number of aromatic nitrogens is 1. The summed E-state index contributed by atoms with van der Waals surface area (Å²) in [7, 11) is 0. The first-order valence-electron chi connectivity index (χ1n) is 5.29. The van der Waals surface area contributed by atoms with Gasteiger partial charge in [0.25, 0.3) is 0 Å². The second-order valence-corrected chi connectivity index (χ2v) is 4.08. The van der Waals surface area contributed by atoms with Gasteiger partial charge in [0.2, 0.25) is 0 Å². The van der Waals surface area contributed by atoms with E-state index in [1.54, 1.807) is 12.3 Å². The maximum atomic E-state index is 11.7. The highest BCUT2D eigenvalue weighted by atomic mass is 16.3. The van der Waals surface area contributed by atoms with E-state index in [2.05, 4.69) is 9.88 Å². The summed E-state index contributed by atoms with van der Waals surface area (Å²) < 4.78 is 0. The molecule has 1 aromatic rings. The fourth-order valence-electron chi connectivity index (χ4n) is 2.00. The number of hydrogen-bond acceptors (Lipinski definition) is 3. The molecule has 4 nitrogen and oxygen atoms in total. The first-order valence-corrected chi connectivity index (χ1v) is 5.29. The molecule has 1 aromatic heterocycles. The third kappa shape index (κ3) is 2.46. The van der Waals surface area contributed by atoms with Crippen LogP contribution in [0, 0.1) is 5.92 Å². The summed E-state index contributed by atoms with van der Waals surface area (Å²) in [5, 5.41) is 8.98. The second-order valence-electron chi connectivity index (χ2n) is 4.08. The Labute approximate surface area is 88.9 Å². The Morgan fingerprint density at radius 3 is 3.13 bits per heavy atom. The first-order chi connectivity index (χ1) is 7.29. The summed E-state index contributed by atoms with van der Waals surface area (Å²) in [4.78, 5) is 16.7. The van der Waals surface area contributed by atoms with Gasteiger partial charge >= 0.3 is 0 Å². The average Bonchev–Trinajstić information content (AvgIpc) is 2.87. The van der Waals surface area contributed by atoms with Crippen molar-refractivity contribution in [2.24, 2.45) is 5.92 Å². The number of likely N-dealkylation sites (tertiary alicyclic amines) is 1. The molecule has 0 aliphatic carbocycles. The zero-order valence-electron chi connectivity index (χ0n) is 8.65. The van der Waals surface area contributed by atoms with E-state index in [1.807, 2.05) is 6.07 Å². The van der Waals surface area contributed by atoms with Crippen LogP contribution in [-0.4, -0.2) is 47.0 Å². The van der Waals surface area contributed by atoms with Gasteiger partial charge in [0.15, 0.2) is 5.78 Å². The minimum atomic E-state index is 0.124. The molecule has 0 spiro atoms. The standard InChI is InChI=1S/C11H16N2O2/c14-8-9-3-5-13(6-9)7-11(15)10-2-1-4-12-10/h1-2,4,9,12,14H,3,5-8H2. The zero-order valence-corrected chi connectivity index (χ0v) is 8.65. The van der Waals surface area contributed by atoms with Crippen molar-refractivity contribution in [1.29, 1.82) is 0 Å². The summed E-state index contributed by atoms with van der Waals surface area (Å²) in [5.41, 5.74) is 0.669. The number of aliphatic hydroxyl groups is 1. The van der Waals surface area contributed by atoms with Crippen LogP contribution in [0.3, 0.4) is 0 Å². The Morgan fingerprint density at radius 2 is 2.53 bits per heavy atom. The van der Waals surface area contributed by atoms with Gasteiger partial charge in [-0.25, -0.2) is 0 Å². The minimum absolute atomic E-state index is 0.124. The number of carbonyl (C=O) groups excluding carboxylic acids is 1. The van der Waals surface area contributed by atoms with Crippen molar-refractivity contribution in [2.75, 3.05) is 26.2 Å². The molecule has 1 aliphatic heterocycles. The van der Waals surface area contributed by atoms with Gasteiger partial charge in [-0.2, -0.15) is 0 Å². The Kier molecular flexibility index (Phi) is 3.18. The molecule has 4 heteroatoms. The Bertz CT molecular complexity index is 321. The summed E-state index contributed by atoms with van der Waals surface area (Å²) in [5.74, 6) is 0.472.